The molecule has 1 aliphatic heterocycles. The van der Waals surface area contributed by atoms with Crippen molar-refractivity contribution in [1.82, 2.24) is 14.8 Å². The average molecular weight is 396 g/mol. The Balaban J connectivity index is 1.89. The summed E-state index contributed by atoms with van der Waals surface area (Å²) < 4.78 is 7.09. The first-order valence-corrected chi connectivity index (χ1v) is 9.00. The lowest BCUT2D eigenvalue weighted by Crippen LogP contribution is -2.31. The first-order valence-electron chi connectivity index (χ1n) is 8.62. The SMILES string of the molecule is COc1ccccc1-c1nc2n(n1)[C@H](c1ccc(Cl)cc1)C(C(N)=O)=C(C)N2. The molecule has 3 aromatic rings. The molecule has 3 N–H and O–H groups in total. The maximum absolute atomic E-state index is 12.2. The topological polar surface area (TPSA) is 95.1 Å². The molecule has 1 aromatic heterocycles. The van der Waals surface area contributed by atoms with Crippen molar-refractivity contribution in [2.75, 3.05) is 12.4 Å². The molecule has 2 heterocycles. The smallest absolute Gasteiger partial charge is 0.248 e. The maximum Gasteiger partial charge on any atom is 0.248 e. The van der Waals surface area contributed by atoms with Gasteiger partial charge in [0.15, 0.2) is 5.82 Å². The first-order chi connectivity index (χ1) is 13.5. The molecule has 0 unspecified atom stereocenters. The molecule has 1 atom stereocenters. The normalized spacial score (nSPS) is 15.8. The Morgan fingerprint density at radius 1 is 1.21 bits per heavy atom. The minimum atomic E-state index is -0.523. The van der Waals surface area contributed by atoms with Crippen LogP contribution in [0.25, 0.3) is 11.4 Å². The van der Waals surface area contributed by atoms with Crippen LogP contribution in [0.4, 0.5) is 5.95 Å². The van der Waals surface area contributed by atoms with Gasteiger partial charge < -0.3 is 15.8 Å². The zero-order chi connectivity index (χ0) is 19.8. The number of hydrogen-bond acceptors (Lipinski definition) is 5. The number of para-hydroxylation sites is 1. The fraction of sp³-hybridized carbons (Fsp3) is 0.150. The zero-order valence-corrected chi connectivity index (χ0v) is 16.1. The molecule has 0 aliphatic carbocycles. The van der Waals surface area contributed by atoms with Gasteiger partial charge in [0.05, 0.1) is 18.2 Å². The highest BCUT2D eigenvalue weighted by molar-refractivity contribution is 6.30. The van der Waals surface area contributed by atoms with Gasteiger partial charge in [0.25, 0.3) is 0 Å². The predicted molar refractivity (Wildman–Crippen MR) is 107 cm³/mol. The molecule has 2 aromatic carbocycles. The van der Waals surface area contributed by atoms with E-state index in [0.717, 1.165) is 11.1 Å². The number of allylic oxidation sites excluding steroid dienone is 1. The summed E-state index contributed by atoms with van der Waals surface area (Å²) in [7, 11) is 1.60. The lowest BCUT2D eigenvalue weighted by atomic mass is 9.95. The van der Waals surface area contributed by atoms with E-state index in [-0.39, 0.29) is 0 Å². The van der Waals surface area contributed by atoms with Gasteiger partial charge in [-0.25, -0.2) is 4.68 Å². The van der Waals surface area contributed by atoms with Crippen molar-refractivity contribution in [3.63, 3.8) is 0 Å². The van der Waals surface area contributed by atoms with E-state index in [9.17, 15) is 4.79 Å². The van der Waals surface area contributed by atoms with Gasteiger partial charge in [-0.05, 0) is 36.8 Å². The van der Waals surface area contributed by atoms with Crippen LogP contribution in [0.5, 0.6) is 5.75 Å². The zero-order valence-electron chi connectivity index (χ0n) is 15.3. The lowest BCUT2D eigenvalue weighted by molar-refractivity contribution is -0.115. The van der Waals surface area contributed by atoms with E-state index in [0.29, 0.717) is 33.8 Å². The molecule has 0 radical (unpaired) electrons. The number of amides is 1. The molecule has 0 fully saturated rings. The summed E-state index contributed by atoms with van der Waals surface area (Å²) >= 11 is 6.03. The van der Waals surface area contributed by atoms with Gasteiger partial charge in [-0.3, -0.25) is 4.79 Å². The summed E-state index contributed by atoms with van der Waals surface area (Å²) in [6.07, 6.45) is 0. The molecule has 7 nitrogen and oxygen atoms in total. The van der Waals surface area contributed by atoms with Gasteiger partial charge in [0.2, 0.25) is 11.9 Å². The summed E-state index contributed by atoms with van der Waals surface area (Å²) in [5.74, 6) is 1.14. The number of carbonyl (C=O) groups excluding carboxylic acids is 1. The minimum absolute atomic E-state index is 0.422. The van der Waals surface area contributed by atoms with Crippen LogP contribution < -0.4 is 15.8 Å². The van der Waals surface area contributed by atoms with Gasteiger partial charge in [-0.1, -0.05) is 35.9 Å². The Kier molecular flexibility index (Phi) is 4.52. The number of halogens is 1. The van der Waals surface area contributed by atoms with E-state index < -0.39 is 11.9 Å². The third kappa shape index (κ3) is 2.99. The standard InChI is InChI=1S/C20H18ClN5O2/c1-11-16(18(22)27)17(12-7-9-13(21)10-8-12)26-20(23-11)24-19(25-26)14-5-3-4-6-15(14)28-2/h3-10,17H,1-2H3,(H2,22,27)(H,23,24,25)/t17-/m1/s1. The second-order valence-corrected chi connectivity index (χ2v) is 6.82. The summed E-state index contributed by atoms with van der Waals surface area (Å²) in [5, 5.41) is 8.40. The van der Waals surface area contributed by atoms with Gasteiger partial charge in [-0.15, -0.1) is 5.10 Å². The largest absolute Gasteiger partial charge is 0.496 e. The molecule has 0 saturated heterocycles. The van der Waals surface area contributed by atoms with Crippen LogP contribution >= 0.6 is 11.6 Å². The molecule has 1 aliphatic rings. The lowest BCUT2D eigenvalue weighted by Gasteiger charge is -2.27. The van der Waals surface area contributed by atoms with Crippen LogP contribution in [-0.4, -0.2) is 27.8 Å². The van der Waals surface area contributed by atoms with E-state index >= 15 is 0 Å². The van der Waals surface area contributed by atoms with Crippen LogP contribution in [0.3, 0.4) is 0 Å². The second kappa shape index (κ2) is 7.01. The van der Waals surface area contributed by atoms with Crippen molar-refractivity contribution < 1.29 is 9.53 Å². The van der Waals surface area contributed by atoms with Crippen molar-refractivity contribution in [2.24, 2.45) is 5.73 Å². The monoisotopic (exact) mass is 395 g/mol. The number of primary amides is 1. The Labute approximate surface area is 166 Å². The van der Waals surface area contributed by atoms with E-state index in [1.165, 1.54) is 0 Å². The second-order valence-electron chi connectivity index (χ2n) is 6.39. The van der Waals surface area contributed by atoms with E-state index in [1.54, 1.807) is 30.8 Å². The van der Waals surface area contributed by atoms with Crippen molar-refractivity contribution in [3.8, 4) is 17.1 Å². The molecule has 142 valence electrons. The van der Waals surface area contributed by atoms with Crippen molar-refractivity contribution in [3.05, 3.63) is 70.4 Å². The van der Waals surface area contributed by atoms with Gasteiger partial charge in [-0.2, -0.15) is 4.98 Å². The molecule has 8 heteroatoms. The number of ether oxygens (including phenoxy) is 1. The molecule has 28 heavy (non-hydrogen) atoms. The Hall–Kier alpha value is -3.32. The quantitative estimate of drug-likeness (QED) is 0.706. The number of anilines is 1. The van der Waals surface area contributed by atoms with Crippen LogP contribution in [0.1, 0.15) is 18.5 Å². The number of fused-ring (bicyclic) bond motifs is 1. The highest BCUT2D eigenvalue weighted by Crippen LogP contribution is 2.37. The number of nitrogens with two attached hydrogens (primary N) is 1. The minimum Gasteiger partial charge on any atom is -0.496 e. The highest BCUT2D eigenvalue weighted by Gasteiger charge is 2.33. The van der Waals surface area contributed by atoms with Crippen LogP contribution in [-0.2, 0) is 4.79 Å². The van der Waals surface area contributed by atoms with Crippen molar-refractivity contribution >= 4 is 23.5 Å². The molecular weight excluding hydrogens is 378 g/mol. The van der Waals surface area contributed by atoms with E-state index in [2.05, 4.69) is 15.4 Å². The highest BCUT2D eigenvalue weighted by atomic mass is 35.5. The van der Waals surface area contributed by atoms with Gasteiger partial charge in [0.1, 0.15) is 11.8 Å². The third-order valence-corrected chi connectivity index (χ3v) is 4.90. The van der Waals surface area contributed by atoms with Crippen molar-refractivity contribution in [2.45, 2.75) is 13.0 Å². The van der Waals surface area contributed by atoms with Crippen LogP contribution in [0.15, 0.2) is 59.8 Å². The predicted octanol–water partition coefficient (Wildman–Crippen LogP) is 3.38. The fourth-order valence-electron chi connectivity index (χ4n) is 3.37. The third-order valence-electron chi connectivity index (χ3n) is 4.65. The van der Waals surface area contributed by atoms with Crippen molar-refractivity contribution in [1.29, 1.82) is 0 Å². The van der Waals surface area contributed by atoms with Gasteiger partial charge in [0, 0.05) is 10.7 Å². The molecule has 1 amide bonds. The first kappa shape index (κ1) is 18.1. The number of methoxy groups -OCH3 is 1. The number of nitrogens with one attached hydrogen (secondary N) is 1. The Morgan fingerprint density at radius 3 is 2.61 bits per heavy atom. The Morgan fingerprint density at radius 2 is 1.93 bits per heavy atom. The number of rotatable bonds is 4. The van der Waals surface area contributed by atoms with Crippen LogP contribution in [0.2, 0.25) is 5.02 Å². The van der Waals surface area contributed by atoms with E-state index in [1.807, 2.05) is 36.4 Å². The molecule has 4 rings (SSSR count). The molecular formula is C20H18ClN5O2. The number of nitrogens with zero attached hydrogens (tertiary/aromatic N) is 3. The fourth-order valence-corrected chi connectivity index (χ4v) is 3.49. The molecule has 0 spiro atoms. The Bertz CT molecular complexity index is 1090. The summed E-state index contributed by atoms with van der Waals surface area (Å²) in [4.78, 5) is 16.8. The number of hydrogen-bond donors (Lipinski definition) is 2. The number of carbonyl (C=O) groups is 1. The summed E-state index contributed by atoms with van der Waals surface area (Å²) in [6.45, 7) is 1.80. The molecule has 0 saturated carbocycles. The maximum atomic E-state index is 12.2. The van der Waals surface area contributed by atoms with E-state index in [4.69, 9.17) is 22.1 Å². The number of aromatic nitrogens is 3. The van der Waals surface area contributed by atoms with Crippen LogP contribution in [0, 0.1) is 0 Å². The van der Waals surface area contributed by atoms with Gasteiger partial charge >= 0.3 is 0 Å². The number of benzene rings is 2. The summed E-state index contributed by atoms with van der Waals surface area (Å²) in [6, 6.07) is 14.2. The average Bonchev–Trinajstić information content (AvgIpc) is 3.10. The molecule has 0 bridgehead atoms. The summed E-state index contributed by atoms with van der Waals surface area (Å²) in [5.41, 5.74) is 8.33.